The molecule has 0 aromatic carbocycles. The number of nitrogens with zero attached hydrogens (tertiary/aromatic N) is 7. The van der Waals surface area contributed by atoms with E-state index in [4.69, 9.17) is 11.3 Å². The summed E-state index contributed by atoms with van der Waals surface area (Å²) in [5, 5.41) is 9.05. The number of piperazine rings is 1. The fourth-order valence-corrected chi connectivity index (χ4v) is 5.05. The Morgan fingerprint density at radius 2 is 2.14 bits per heavy atom. The van der Waals surface area contributed by atoms with Gasteiger partial charge >= 0.3 is 0 Å². The number of fused-ring (bicyclic) bond motifs is 1. The van der Waals surface area contributed by atoms with Crippen LogP contribution in [0.3, 0.4) is 0 Å². The second-order valence-electron chi connectivity index (χ2n) is 10.3. The summed E-state index contributed by atoms with van der Waals surface area (Å²) >= 11 is 0. The summed E-state index contributed by atoms with van der Waals surface area (Å²) < 4.78 is 9.90. The molecule has 3 aromatic rings. The summed E-state index contributed by atoms with van der Waals surface area (Å²) in [5.74, 6) is 0. The second-order valence-corrected chi connectivity index (χ2v) is 16.0. The van der Waals surface area contributed by atoms with Gasteiger partial charge in [0.2, 0.25) is 6.54 Å². The fraction of sp³-hybridized carbons (Fsp3) is 0.583. The lowest BCUT2D eigenvalue weighted by Crippen LogP contribution is -2.51. The van der Waals surface area contributed by atoms with E-state index in [1.165, 1.54) is 0 Å². The van der Waals surface area contributed by atoms with Gasteiger partial charge in [-0.3, -0.25) is 9.58 Å². The Morgan fingerprint density at radius 3 is 2.89 bits per heavy atom. The Hall–Kier alpha value is -2.29. The van der Waals surface area contributed by atoms with Crippen molar-refractivity contribution in [2.75, 3.05) is 39.3 Å². The maximum absolute atomic E-state index is 7.45. The Morgan fingerprint density at radius 1 is 1.31 bits per heavy atom. The van der Waals surface area contributed by atoms with Crippen LogP contribution in [0.5, 0.6) is 0 Å². The van der Waals surface area contributed by atoms with Gasteiger partial charge < -0.3 is 19.5 Å². The molecule has 0 aliphatic carbocycles. The Labute approximate surface area is 215 Å². The zero-order valence-electron chi connectivity index (χ0n) is 21.1. The number of ether oxygens (including phenoxy) is 1. The van der Waals surface area contributed by atoms with Crippen molar-refractivity contribution in [3.05, 3.63) is 42.4 Å². The predicted octanol–water partition coefficient (Wildman–Crippen LogP) is 3.78. The smallest absolute Gasteiger partial charge is 0.238 e. The van der Waals surface area contributed by atoms with Crippen LogP contribution in [0.4, 0.5) is 0 Å². The first-order chi connectivity index (χ1) is 16.4. The van der Waals surface area contributed by atoms with Gasteiger partial charge in [-0.1, -0.05) is 19.6 Å². The molecule has 0 bridgehead atoms. The molecule has 1 fully saturated rings. The third-order valence-corrected chi connectivity index (χ3v) is 8.12. The highest BCUT2D eigenvalue weighted by Gasteiger charge is 2.25. The monoisotopic (exact) mass is 516 g/mol. The van der Waals surface area contributed by atoms with E-state index in [0.717, 1.165) is 61.1 Å². The van der Waals surface area contributed by atoms with E-state index in [2.05, 4.69) is 56.7 Å². The number of nitrogens with one attached hydrogen (secondary N) is 1. The number of halogens is 1. The van der Waals surface area contributed by atoms with Gasteiger partial charge in [0.1, 0.15) is 24.7 Å². The highest BCUT2D eigenvalue weighted by molar-refractivity contribution is 6.76. The van der Waals surface area contributed by atoms with Gasteiger partial charge in [-0.25, -0.2) is 16.5 Å². The molecule has 9 nitrogen and oxygen atoms in total. The van der Waals surface area contributed by atoms with Gasteiger partial charge in [0.05, 0.1) is 11.9 Å². The van der Waals surface area contributed by atoms with Gasteiger partial charge in [0.25, 0.3) is 0 Å². The third kappa shape index (κ3) is 6.89. The molecule has 11 heteroatoms. The van der Waals surface area contributed by atoms with Gasteiger partial charge in [0.15, 0.2) is 0 Å². The van der Waals surface area contributed by atoms with Crippen LogP contribution in [0.1, 0.15) is 13.0 Å². The van der Waals surface area contributed by atoms with Crippen LogP contribution in [0.25, 0.3) is 27.1 Å². The van der Waals surface area contributed by atoms with Gasteiger partial charge in [-0.2, -0.15) is 5.10 Å². The molecule has 0 spiro atoms. The average Bonchev–Trinajstić information content (AvgIpc) is 3.45. The van der Waals surface area contributed by atoms with Crippen molar-refractivity contribution < 1.29 is 4.74 Å². The average molecular weight is 517 g/mol. The van der Waals surface area contributed by atoms with E-state index >= 15 is 0 Å². The Bertz CT molecular complexity index is 1130. The largest absolute Gasteiger partial charge is 0.361 e. The summed E-state index contributed by atoms with van der Waals surface area (Å²) in [6.45, 7) is 22.2. The lowest BCUT2D eigenvalue weighted by atomic mass is 10.1. The number of hydrogen-bond donors (Lipinski definition) is 1. The first kappa shape index (κ1) is 27.3. The second kappa shape index (κ2) is 12.1. The van der Waals surface area contributed by atoms with Gasteiger partial charge in [0, 0.05) is 70.2 Å². The van der Waals surface area contributed by atoms with Crippen LogP contribution < -0.4 is 5.32 Å². The Kier molecular flexibility index (Phi) is 9.44. The first-order valence-corrected chi connectivity index (χ1v) is 15.8. The van der Waals surface area contributed by atoms with Crippen molar-refractivity contribution in [3.63, 3.8) is 0 Å². The van der Waals surface area contributed by atoms with Gasteiger partial charge in [-0.05, 0) is 19.0 Å². The molecule has 0 amide bonds. The minimum absolute atomic E-state index is 0. The molecule has 3 aromatic heterocycles. The van der Waals surface area contributed by atoms with Crippen LogP contribution >= 0.6 is 12.4 Å². The molecule has 1 aliphatic heterocycles. The molecular formula is C24H37ClN8OSi. The number of rotatable bonds is 10. The van der Waals surface area contributed by atoms with Crippen molar-refractivity contribution in [1.29, 1.82) is 0 Å². The van der Waals surface area contributed by atoms with Crippen molar-refractivity contribution >= 4 is 31.5 Å². The van der Waals surface area contributed by atoms with Gasteiger partial charge in [-0.15, -0.1) is 12.4 Å². The molecule has 1 aliphatic rings. The predicted molar refractivity (Wildman–Crippen MR) is 145 cm³/mol. The van der Waals surface area contributed by atoms with Crippen LogP contribution in [0.15, 0.2) is 31.0 Å². The minimum atomic E-state index is -1.11. The van der Waals surface area contributed by atoms with Crippen molar-refractivity contribution in [2.24, 2.45) is 0 Å². The zero-order chi connectivity index (χ0) is 24.1. The lowest BCUT2D eigenvalue weighted by molar-refractivity contribution is 0.0899. The van der Waals surface area contributed by atoms with Crippen molar-refractivity contribution in [2.45, 2.75) is 51.4 Å². The normalized spacial score (nSPS) is 17.7. The van der Waals surface area contributed by atoms with Crippen LogP contribution in [-0.4, -0.2) is 82.7 Å². The lowest BCUT2D eigenvalue weighted by Gasteiger charge is -2.35. The summed E-state index contributed by atoms with van der Waals surface area (Å²) in [5.41, 5.74) is 2.65. The van der Waals surface area contributed by atoms with Crippen LogP contribution in [-0.2, 0) is 11.5 Å². The molecule has 190 valence electrons. The van der Waals surface area contributed by atoms with E-state index in [1.54, 1.807) is 6.33 Å². The summed E-state index contributed by atoms with van der Waals surface area (Å²) in [6, 6.07) is 3.65. The SMILES string of the molecule is Cl.[C-]#[N+]CC(CN1CCNC[C@@H]1C)n1cc(-c2ncnc3c2ccn3COCC[Si](C)(C)C)cn1. The first-order valence-electron chi connectivity index (χ1n) is 12.1. The van der Waals surface area contributed by atoms with Crippen LogP contribution in [0, 0.1) is 6.57 Å². The third-order valence-electron chi connectivity index (χ3n) is 6.42. The van der Waals surface area contributed by atoms with E-state index in [0.29, 0.717) is 19.3 Å². The molecule has 4 heterocycles. The van der Waals surface area contributed by atoms with E-state index in [-0.39, 0.29) is 18.4 Å². The molecule has 0 saturated carbocycles. The molecule has 1 unspecified atom stereocenters. The summed E-state index contributed by atoms with van der Waals surface area (Å²) in [6.07, 6.45) is 7.48. The fourth-order valence-electron chi connectivity index (χ4n) is 4.29. The molecule has 1 saturated heterocycles. The number of aromatic nitrogens is 5. The molecule has 0 radical (unpaired) electrons. The molecular weight excluding hydrogens is 480 g/mol. The van der Waals surface area contributed by atoms with Crippen molar-refractivity contribution in [3.8, 4) is 11.3 Å². The van der Waals surface area contributed by atoms with E-state index in [9.17, 15) is 0 Å². The highest BCUT2D eigenvalue weighted by atomic mass is 35.5. The number of hydrogen-bond acceptors (Lipinski definition) is 6. The standard InChI is InChI=1S/C24H36N8OSi.ClH/c1-19-12-26-7-9-30(19)16-21(14-25-2)32-15-20(13-29-32)23-22-6-8-31(24(22)28-17-27-23)18-33-10-11-34(3,4)5;/h6,8,13,15,17,19,21,26H,7,9-12,14,16,18H2,1,3-5H3;1H/t19-,21?;/m0./s1. The molecule has 35 heavy (non-hydrogen) atoms. The zero-order valence-corrected chi connectivity index (χ0v) is 23.0. The summed E-state index contributed by atoms with van der Waals surface area (Å²) in [7, 11) is -1.11. The molecule has 2 atom stereocenters. The van der Waals surface area contributed by atoms with Crippen LogP contribution in [0.2, 0.25) is 25.7 Å². The Balaban J connectivity index is 0.00000342. The maximum Gasteiger partial charge on any atom is 0.238 e. The minimum Gasteiger partial charge on any atom is -0.361 e. The maximum atomic E-state index is 7.45. The summed E-state index contributed by atoms with van der Waals surface area (Å²) in [4.78, 5) is 15.2. The van der Waals surface area contributed by atoms with E-state index < -0.39 is 8.07 Å². The molecule has 4 rings (SSSR count). The quantitative estimate of drug-likeness (QED) is 0.251. The highest BCUT2D eigenvalue weighted by Crippen LogP contribution is 2.27. The van der Waals surface area contributed by atoms with Crippen molar-refractivity contribution in [1.82, 2.24) is 34.5 Å². The topological polar surface area (TPSA) is 77.4 Å². The van der Waals surface area contributed by atoms with E-state index in [1.807, 2.05) is 33.9 Å². The molecule has 1 N–H and O–H groups in total.